The molecule has 9 aromatic rings. The van der Waals surface area contributed by atoms with Gasteiger partial charge in [0.05, 0.1) is 19.6 Å². The first-order chi connectivity index (χ1) is 44.4. The average molecular weight is 1340 g/mol. The zero-order valence-electron chi connectivity index (χ0n) is 54.0. The van der Waals surface area contributed by atoms with Crippen molar-refractivity contribution in [3.05, 3.63) is 228 Å². The van der Waals surface area contributed by atoms with Crippen molar-refractivity contribution in [2.24, 2.45) is 5.73 Å². The minimum atomic E-state index is -0.773. The molecule has 10 N–H and O–H groups in total. The molecule has 0 saturated carbocycles. The molecule has 3 aromatic heterocycles. The monoisotopic (exact) mass is 1340 g/mol. The van der Waals surface area contributed by atoms with Crippen LogP contribution in [0.3, 0.4) is 0 Å². The van der Waals surface area contributed by atoms with Crippen molar-refractivity contribution >= 4 is 120 Å². The third-order valence-electron chi connectivity index (χ3n) is 14.5. The van der Waals surface area contributed by atoms with E-state index in [1.54, 1.807) is 78.9 Å². The Hall–Kier alpha value is -9.80. The molecule has 94 heavy (non-hydrogen) atoms. The Morgan fingerprint density at radius 3 is 0.979 bits per heavy atom. The first-order valence-corrected chi connectivity index (χ1v) is 30.7. The fraction of sp³-hybridized carbons (Fsp3) is 0.271. The molecule has 0 unspecified atom stereocenters. The Kier molecular flexibility index (Phi) is 27.3. The Morgan fingerprint density at radius 2 is 0.713 bits per heavy atom. The summed E-state index contributed by atoms with van der Waals surface area (Å²) in [5, 5.41) is 15.4. The number of methoxy groups -OCH3 is 2. The lowest BCUT2D eigenvalue weighted by Crippen LogP contribution is -2.39. The van der Waals surface area contributed by atoms with E-state index < -0.39 is 40.9 Å². The van der Waals surface area contributed by atoms with E-state index in [9.17, 15) is 43.2 Å². The molecule has 9 rings (SSSR count). The number of nitrogens with one attached hydrogen (secondary N) is 8. The number of H-pyrrole nitrogens is 3. The highest BCUT2D eigenvalue weighted by Crippen LogP contribution is 2.27. The number of hydrogen-bond acceptors (Lipinski definition) is 13. The number of nitrogens with two attached hydrogens (primary N) is 1. The van der Waals surface area contributed by atoms with Crippen molar-refractivity contribution < 1.29 is 43.0 Å². The number of hydrogen-bond donors (Lipinski definition) is 9. The zero-order valence-corrected chi connectivity index (χ0v) is 56.3. The SMILES string of the molecule is CC(C)(C)OC(=O)NCC(C)(C)c1ccc(NC(=O)c2c[nH]c3ccccc3c2=O)cc1.CC(C)(CN)c1ccc(NC(=O)c2c[nH]c3ccccc3c2=O)cc1.COC(=O)Cl.COC(=O)NCC(C)(C)c1ccc(NC(=O)c2c[nH]c3ccccc3c2=O)cc1.ClCCl. The molecule has 0 aliphatic heterocycles. The van der Waals surface area contributed by atoms with Crippen LogP contribution in [0.1, 0.15) is 110 Å². The second kappa shape index (κ2) is 34.2. The number of alkyl halides is 2. The Balaban J connectivity index is 0.000000242. The fourth-order valence-electron chi connectivity index (χ4n) is 8.91. The van der Waals surface area contributed by atoms with Crippen LogP contribution in [-0.4, -0.2) is 95.1 Å². The molecule has 6 aromatic carbocycles. The van der Waals surface area contributed by atoms with Crippen molar-refractivity contribution in [1.82, 2.24) is 25.6 Å². The number of anilines is 3. The largest absolute Gasteiger partial charge is 0.457 e. The van der Waals surface area contributed by atoms with Crippen LogP contribution in [0.2, 0.25) is 0 Å². The minimum absolute atomic E-state index is 0.0506. The van der Waals surface area contributed by atoms with Crippen LogP contribution in [0.5, 0.6) is 0 Å². The Morgan fingerprint density at radius 1 is 0.436 bits per heavy atom. The molecule has 0 aliphatic carbocycles. The van der Waals surface area contributed by atoms with Crippen molar-refractivity contribution in [3.63, 3.8) is 0 Å². The molecule has 0 fully saturated rings. The van der Waals surface area contributed by atoms with E-state index in [-0.39, 0.29) is 54.6 Å². The summed E-state index contributed by atoms with van der Waals surface area (Å²) in [6, 6.07) is 43.3. The maximum atomic E-state index is 12.7. The van der Waals surface area contributed by atoms with Crippen molar-refractivity contribution in [3.8, 4) is 0 Å². The van der Waals surface area contributed by atoms with Crippen LogP contribution >= 0.6 is 34.8 Å². The van der Waals surface area contributed by atoms with Gasteiger partial charge in [-0.3, -0.25) is 28.8 Å². The first-order valence-electron chi connectivity index (χ1n) is 29.3. The molecule has 496 valence electrons. The molecular formula is C70H78Cl3N9O12. The van der Waals surface area contributed by atoms with Gasteiger partial charge in [0.25, 0.3) is 17.7 Å². The Labute approximate surface area is 558 Å². The van der Waals surface area contributed by atoms with Gasteiger partial charge in [0.2, 0.25) is 16.3 Å². The van der Waals surface area contributed by atoms with Crippen LogP contribution in [0.25, 0.3) is 32.7 Å². The molecular weight excluding hydrogens is 1270 g/mol. The molecule has 0 aliphatic rings. The smallest absolute Gasteiger partial charge is 0.407 e. The number of aromatic nitrogens is 3. The number of rotatable bonds is 14. The van der Waals surface area contributed by atoms with Gasteiger partial charge in [-0.25, -0.2) is 14.4 Å². The molecule has 5 amide bonds. The lowest BCUT2D eigenvalue weighted by molar-refractivity contribution is 0.0516. The van der Waals surface area contributed by atoms with Gasteiger partial charge in [-0.1, -0.05) is 114 Å². The number of benzene rings is 6. The number of aromatic amines is 3. The highest BCUT2D eigenvalue weighted by molar-refractivity contribution is 6.61. The fourth-order valence-corrected chi connectivity index (χ4v) is 8.91. The van der Waals surface area contributed by atoms with E-state index >= 15 is 0 Å². The number of alkyl carbamates (subject to hydrolysis) is 2. The summed E-state index contributed by atoms with van der Waals surface area (Å²) >= 11 is 14.1. The lowest BCUT2D eigenvalue weighted by Gasteiger charge is -2.27. The third kappa shape index (κ3) is 21.7. The van der Waals surface area contributed by atoms with Crippen LogP contribution < -0.4 is 48.6 Å². The summed E-state index contributed by atoms with van der Waals surface area (Å²) in [5.41, 5.74) is 9.83. The van der Waals surface area contributed by atoms with Gasteiger partial charge < -0.3 is 61.5 Å². The first kappa shape index (κ1) is 74.9. The third-order valence-corrected chi connectivity index (χ3v) is 14.6. The number of fused-ring (bicyclic) bond motifs is 3. The zero-order chi connectivity index (χ0) is 69.6. The summed E-state index contributed by atoms with van der Waals surface area (Å²) in [6.45, 7) is 18.9. The van der Waals surface area contributed by atoms with Crippen LogP contribution in [0.15, 0.2) is 179 Å². The molecule has 0 radical (unpaired) electrons. The van der Waals surface area contributed by atoms with Crippen LogP contribution in [0, 0.1) is 0 Å². The molecule has 21 nitrogen and oxygen atoms in total. The van der Waals surface area contributed by atoms with Gasteiger partial charge in [-0.15, -0.1) is 23.2 Å². The standard InChI is InChI=1S/C25H29N3O4.C22H23N3O4.C20H21N3O2.C2H3ClO2.CH2Cl2/c1-24(2,3)32-23(31)27-15-25(4,5)16-10-12-17(13-11-16)28-22(30)19-14-26-20-9-7-6-8-18(20)21(19)29;1-22(2,13-24-21(28)29-3)14-8-10-15(11-9-14)25-20(27)17-12-23-18-7-5-4-6-16(18)19(17)26;1-20(2,12-21)13-7-9-14(10-8-13)23-19(25)16-11-22-17-6-4-3-5-15(17)18(16)24;1-5-2(3)4;2-1-3/h6-14H,15H2,1-5H3,(H,26,29)(H,27,31)(H,28,30);4-12H,13H2,1-3H3,(H,23,26)(H,24,28)(H,25,27);3-11H,12,21H2,1-2H3,(H,22,24)(H,23,25);1H3;1H2. The van der Waals surface area contributed by atoms with Gasteiger partial charge in [0, 0.05) is 116 Å². The summed E-state index contributed by atoms with van der Waals surface area (Å²) < 4.78 is 13.8. The van der Waals surface area contributed by atoms with Crippen molar-refractivity contribution in [2.75, 3.05) is 55.1 Å². The van der Waals surface area contributed by atoms with Crippen molar-refractivity contribution in [1.29, 1.82) is 0 Å². The minimum Gasteiger partial charge on any atom is -0.457 e. The van der Waals surface area contributed by atoms with E-state index in [1.807, 2.05) is 115 Å². The highest BCUT2D eigenvalue weighted by Gasteiger charge is 2.26. The second-order valence-corrected chi connectivity index (χ2v) is 25.0. The second-order valence-electron chi connectivity index (χ2n) is 23.9. The topological polar surface area (TPSA) is 315 Å². The molecule has 0 saturated heterocycles. The van der Waals surface area contributed by atoms with Gasteiger partial charge in [0.1, 0.15) is 22.3 Å². The summed E-state index contributed by atoms with van der Waals surface area (Å²) in [6.07, 6.45) is 3.36. The predicted octanol–water partition coefficient (Wildman–Crippen LogP) is 13.4. The molecule has 0 spiro atoms. The van der Waals surface area contributed by atoms with Crippen LogP contribution in [-0.2, 0) is 30.5 Å². The Bertz CT molecular complexity index is 4280. The molecule has 0 atom stereocenters. The van der Waals surface area contributed by atoms with E-state index in [2.05, 4.69) is 76.5 Å². The highest BCUT2D eigenvalue weighted by atomic mass is 35.5. The van der Waals surface area contributed by atoms with E-state index in [1.165, 1.54) is 32.8 Å². The number of carbonyl (C=O) groups excluding carboxylic acids is 6. The van der Waals surface area contributed by atoms with Crippen LogP contribution in [0.4, 0.5) is 31.4 Å². The van der Waals surface area contributed by atoms with Gasteiger partial charge in [0.15, 0.2) is 0 Å². The van der Waals surface area contributed by atoms with E-state index in [0.29, 0.717) is 69.4 Å². The normalized spacial score (nSPS) is 11.1. The van der Waals surface area contributed by atoms with Gasteiger partial charge in [-0.2, -0.15) is 0 Å². The number of pyridine rings is 3. The number of amides is 5. The van der Waals surface area contributed by atoms with E-state index in [4.69, 9.17) is 33.7 Å². The van der Waals surface area contributed by atoms with E-state index in [0.717, 1.165) is 16.7 Å². The number of ether oxygens (including phenoxy) is 3. The summed E-state index contributed by atoms with van der Waals surface area (Å²) in [7, 11) is 2.54. The number of carbonyl (C=O) groups is 6. The average Bonchev–Trinajstić information content (AvgIpc) is 0.824. The predicted molar refractivity (Wildman–Crippen MR) is 374 cm³/mol. The van der Waals surface area contributed by atoms with Crippen molar-refractivity contribution in [2.45, 2.75) is 84.2 Å². The molecule has 0 bridgehead atoms. The maximum absolute atomic E-state index is 12.7. The molecule has 3 heterocycles. The van der Waals surface area contributed by atoms with Gasteiger partial charge in [-0.05, 0) is 110 Å². The van der Waals surface area contributed by atoms with Gasteiger partial charge >= 0.3 is 17.6 Å². The quantitative estimate of drug-likeness (QED) is 0.0278. The lowest BCUT2D eigenvalue weighted by atomic mass is 9.84. The summed E-state index contributed by atoms with van der Waals surface area (Å²) in [5.74, 6) is -1.38. The number of halogens is 3. The maximum Gasteiger partial charge on any atom is 0.407 e. The number of para-hydroxylation sites is 3. The summed E-state index contributed by atoms with van der Waals surface area (Å²) in [4.78, 5) is 117. The molecule has 24 heteroatoms.